The highest BCUT2D eigenvalue weighted by molar-refractivity contribution is 9.12. The minimum Gasteiger partial charge on any atom is -0.497 e. The van der Waals surface area contributed by atoms with Crippen LogP contribution in [0.3, 0.4) is 0 Å². The third kappa shape index (κ3) is 4.05. The molecule has 0 spiro atoms. The molecule has 2 aromatic rings. The quantitative estimate of drug-likeness (QED) is 0.146. The Bertz CT molecular complexity index is 1300. The summed E-state index contributed by atoms with van der Waals surface area (Å²) in [7, 11) is 1.49. The van der Waals surface area contributed by atoms with Gasteiger partial charge in [0.2, 0.25) is 0 Å². The molecule has 0 aromatic heterocycles. The number of nitro groups is 1. The Hall–Kier alpha value is -3.12. The maximum absolute atomic E-state index is 13.8. The number of carbonyl (C=O) groups excluding carboxylic acids is 4. The highest BCUT2D eigenvalue weighted by atomic mass is 79.9. The Balaban J connectivity index is 1.54. The normalized spacial score (nSPS) is 28.3. The zero-order valence-electron chi connectivity index (χ0n) is 20.3. The van der Waals surface area contributed by atoms with Crippen LogP contribution < -0.4 is 4.74 Å². The molecule has 2 saturated carbocycles. The largest absolute Gasteiger partial charge is 0.497 e. The van der Waals surface area contributed by atoms with E-state index in [2.05, 4.69) is 31.9 Å². The van der Waals surface area contributed by atoms with Gasteiger partial charge in [0.25, 0.3) is 23.4 Å². The molecule has 2 aromatic carbocycles. The first-order valence-corrected chi connectivity index (χ1v) is 13.8. The van der Waals surface area contributed by atoms with Crippen molar-refractivity contribution in [2.24, 2.45) is 23.7 Å². The minimum atomic E-state index is -1.23. The number of rotatable bonds is 7. The topological polar surface area (TPSA) is 127 Å². The molecule has 3 fully saturated rings. The Labute approximate surface area is 234 Å². The van der Waals surface area contributed by atoms with Crippen LogP contribution in [0.15, 0.2) is 48.5 Å². The molecule has 0 N–H and O–H groups in total. The number of imide groups is 1. The van der Waals surface area contributed by atoms with Gasteiger partial charge in [0, 0.05) is 32.9 Å². The van der Waals surface area contributed by atoms with Crippen LogP contribution in [-0.2, 0) is 9.59 Å². The molecule has 10 nitrogen and oxygen atoms in total. The molecule has 3 amide bonds. The van der Waals surface area contributed by atoms with Gasteiger partial charge in [-0.2, -0.15) is 5.01 Å². The smallest absolute Gasteiger partial charge is 0.273 e. The van der Waals surface area contributed by atoms with Crippen LogP contribution in [0.4, 0.5) is 5.69 Å². The van der Waals surface area contributed by atoms with Gasteiger partial charge in [0.05, 0.1) is 23.9 Å². The maximum Gasteiger partial charge on any atom is 0.273 e. The molecule has 7 atom stereocenters. The summed E-state index contributed by atoms with van der Waals surface area (Å²) in [6.45, 7) is 1.46. The molecule has 1 saturated heterocycles. The fourth-order valence-electron chi connectivity index (χ4n) is 5.95. The summed E-state index contributed by atoms with van der Waals surface area (Å²) in [6, 6.07) is 9.87. The van der Waals surface area contributed by atoms with E-state index in [0.717, 1.165) is 22.2 Å². The van der Waals surface area contributed by atoms with Gasteiger partial charge in [0.15, 0.2) is 5.78 Å². The average Bonchev–Trinajstić information content (AvgIpc) is 3.54. The number of halogens is 2. The summed E-state index contributed by atoms with van der Waals surface area (Å²) < 4.78 is 5.15. The first kappa shape index (κ1) is 26.5. The maximum atomic E-state index is 13.8. The number of Topliss-reactive ketones (excluding diaryl/α,β-unsaturated/α-hetero) is 1. The van der Waals surface area contributed by atoms with E-state index in [0.29, 0.717) is 12.2 Å². The van der Waals surface area contributed by atoms with Crippen molar-refractivity contribution in [3.05, 3.63) is 69.8 Å². The molecular formula is C26H23Br2N3O7. The third-order valence-corrected chi connectivity index (χ3v) is 11.0. The molecule has 0 unspecified atom stereocenters. The fraction of sp³-hybridized carbons (Fsp3) is 0.385. The van der Waals surface area contributed by atoms with Gasteiger partial charge in [-0.3, -0.25) is 29.3 Å². The molecular weight excluding hydrogens is 626 g/mol. The SMILES string of the molecule is COc1ccc(C(=O)[C@H](C)N(C(=O)c2ccc([N+](=O)[O-])cc2)N2C(=O)[C@@H]3[C@H]4C[C@@H]([C@@H](Br)[C@H]4Br)[C@H]3C2=O)cc1. The first-order chi connectivity index (χ1) is 18.1. The highest BCUT2D eigenvalue weighted by Gasteiger charge is 2.68. The number of nitro benzene ring substituents is 1. The fourth-order valence-corrected chi connectivity index (χ4v) is 7.82. The van der Waals surface area contributed by atoms with Crippen molar-refractivity contribution in [2.45, 2.75) is 29.0 Å². The number of nitrogens with zero attached hydrogens (tertiary/aromatic N) is 3. The summed E-state index contributed by atoms with van der Waals surface area (Å²) in [5, 5.41) is 12.9. The van der Waals surface area contributed by atoms with Crippen LogP contribution in [-0.4, -0.2) is 61.3 Å². The number of benzene rings is 2. The van der Waals surface area contributed by atoms with Crippen LogP contribution in [0.1, 0.15) is 34.1 Å². The minimum absolute atomic E-state index is 0.00217. The lowest BCUT2D eigenvalue weighted by atomic mass is 9.81. The molecule has 0 radical (unpaired) electrons. The Morgan fingerprint density at radius 2 is 1.47 bits per heavy atom. The Morgan fingerprint density at radius 1 is 0.974 bits per heavy atom. The molecule has 12 heteroatoms. The van der Waals surface area contributed by atoms with Crippen LogP contribution in [0, 0.1) is 33.8 Å². The predicted molar refractivity (Wildman–Crippen MR) is 142 cm³/mol. The van der Waals surface area contributed by atoms with Crippen molar-refractivity contribution < 1.29 is 28.8 Å². The van der Waals surface area contributed by atoms with E-state index in [-0.39, 0.29) is 38.3 Å². The van der Waals surface area contributed by atoms with E-state index in [1.165, 1.54) is 26.2 Å². The van der Waals surface area contributed by atoms with Gasteiger partial charge < -0.3 is 4.74 Å². The molecule has 198 valence electrons. The summed E-state index contributed by atoms with van der Waals surface area (Å²) >= 11 is 7.30. The van der Waals surface area contributed by atoms with Crippen LogP contribution in [0.2, 0.25) is 0 Å². The Kier molecular flexibility index (Phi) is 6.89. The number of hydrazine groups is 1. The van der Waals surface area contributed by atoms with Crippen molar-refractivity contribution in [2.75, 3.05) is 7.11 Å². The monoisotopic (exact) mass is 647 g/mol. The highest BCUT2D eigenvalue weighted by Crippen LogP contribution is 2.60. The predicted octanol–water partition coefficient (Wildman–Crippen LogP) is 4.01. The zero-order valence-corrected chi connectivity index (χ0v) is 23.5. The van der Waals surface area contributed by atoms with Crippen molar-refractivity contribution in [3.8, 4) is 5.75 Å². The number of fused-ring (bicyclic) bond motifs is 5. The van der Waals surface area contributed by atoms with E-state index in [1.54, 1.807) is 24.3 Å². The lowest BCUT2D eigenvalue weighted by molar-refractivity contribution is -0.384. The molecule has 3 aliphatic rings. The summed E-state index contributed by atoms with van der Waals surface area (Å²) in [4.78, 5) is 65.4. The van der Waals surface area contributed by atoms with Gasteiger partial charge >= 0.3 is 0 Å². The molecule has 38 heavy (non-hydrogen) atoms. The van der Waals surface area contributed by atoms with E-state index < -0.39 is 46.3 Å². The zero-order chi connectivity index (χ0) is 27.5. The van der Waals surface area contributed by atoms with Gasteiger partial charge in [-0.15, -0.1) is 0 Å². The summed E-state index contributed by atoms with van der Waals surface area (Å²) in [5.41, 5.74) is 0.0455. The van der Waals surface area contributed by atoms with Gasteiger partial charge in [-0.05, 0) is 61.6 Å². The molecule has 2 aliphatic carbocycles. The van der Waals surface area contributed by atoms with Crippen molar-refractivity contribution in [3.63, 3.8) is 0 Å². The second kappa shape index (κ2) is 9.88. The van der Waals surface area contributed by atoms with Crippen LogP contribution in [0.25, 0.3) is 0 Å². The van der Waals surface area contributed by atoms with Crippen LogP contribution >= 0.6 is 31.9 Å². The number of carbonyl (C=O) groups is 4. The number of hydrogen-bond acceptors (Lipinski definition) is 7. The van der Waals surface area contributed by atoms with Gasteiger partial charge in [-0.25, -0.2) is 5.01 Å². The van der Waals surface area contributed by atoms with Crippen LogP contribution in [0.5, 0.6) is 5.75 Å². The number of non-ortho nitro benzene ring substituents is 1. The number of hydrogen-bond donors (Lipinski definition) is 0. The van der Waals surface area contributed by atoms with Gasteiger partial charge in [0.1, 0.15) is 11.8 Å². The lowest BCUT2D eigenvalue weighted by Crippen LogP contribution is -2.56. The second-order valence-electron chi connectivity index (χ2n) is 9.71. The lowest BCUT2D eigenvalue weighted by Gasteiger charge is -2.35. The van der Waals surface area contributed by atoms with Crippen molar-refractivity contribution in [1.29, 1.82) is 0 Å². The summed E-state index contributed by atoms with van der Waals surface area (Å²) in [6.07, 6.45) is 0.711. The van der Waals surface area contributed by atoms with E-state index in [1.807, 2.05) is 0 Å². The Morgan fingerprint density at radius 3 is 1.95 bits per heavy atom. The standard InChI is InChI=1S/C26H23Br2N3O7/c1-12(23(32)13-5-9-16(38-2)10-6-13)29(24(33)14-3-7-15(8-4-14)31(36)37)30-25(34)19-17-11-18(20(19)26(30)35)22(28)21(17)27/h3-10,12,17-22H,11H2,1-2H3/t12-,17+,18+,19+,20+,21-,22+/m0/s1. The molecule has 2 bridgehead atoms. The third-order valence-electron chi connectivity index (χ3n) is 7.83. The molecule has 1 aliphatic heterocycles. The molecule has 5 rings (SSSR count). The second-order valence-corrected chi connectivity index (χ2v) is 11.8. The first-order valence-electron chi connectivity index (χ1n) is 12.0. The van der Waals surface area contributed by atoms with Crippen molar-refractivity contribution >= 4 is 61.1 Å². The average molecular weight is 649 g/mol. The van der Waals surface area contributed by atoms with E-state index in [4.69, 9.17) is 4.74 Å². The van der Waals surface area contributed by atoms with E-state index >= 15 is 0 Å². The number of ketones is 1. The van der Waals surface area contributed by atoms with E-state index in [9.17, 15) is 29.3 Å². The molecule has 1 heterocycles. The summed E-state index contributed by atoms with van der Waals surface area (Å²) in [5.74, 6) is -3.12. The van der Waals surface area contributed by atoms with Crippen molar-refractivity contribution in [1.82, 2.24) is 10.0 Å². The number of alkyl halides is 2. The number of ether oxygens (including phenoxy) is 1. The number of methoxy groups -OCH3 is 1. The van der Waals surface area contributed by atoms with Gasteiger partial charge in [-0.1, -0.05) is 31.9 Å². The number of amides is 3.